The van der Waals surface area contributed by atoms with Crippen LogP contribution in [0.4, 0.5) is 10.1 Å². The Kier molecular flexibility index (Phi) is 12.4. The summed E-state index contributed by atoms with van der Waals surface area (Å²) in [4.78, 5) is 29.8. The van der Waals surface area contributed by atoms with Gasteiger partial charge in [0.2, 0.25) is 11.8 Å². The minimum absolute atomic E-state index is 0.0769. The molecule has 4 aromatic carbocycles. The number of amides is 2. The Hall–Kier alpha value is -4.41. The number of carbonyl (C=O) groups is 2. The highest BCUT2D eigenvalue weighted by molar-refractivity contribution is 7.92. The molecule has 0 saturated carbocycles. The van der Waals surface area contributed by atoms with Gasteiger partial charge in [-0.15, -0.1) is 0 Å². The monoisotopic (exact) mass is 679 g/mol. The first kappa shape index (κ1) is 35.4. The smallest absolute Gasteiger partial charge is 0.264 e. The first-order valence-electron chi connectivity index (χ1n) is 15.4. The van der Waals surface area contributed by atoms with Gasteiger partial charge < -0.3 is 15.0 Å². The van der Waals surface area contributed by atoms with Crippen LogP contribution in [0.5, 0.6) is 5.75 Å². The van der Waals surface area contributed by atoms with Gasteiger partial charge in [0.25, 0.3) is 10.0 Å². The maximum Gasteiger partial charge on any atom is 0.264 e. The molecular weight excluding hydrogens is 641 g/mol. The molecule has 47 heavy (non-hydrogen) atoms. The van der Waals surface area contributed by atoms with Gasteiger partial charge in [-0.1, -0.05) is 73.1 Å². The topological polar surface area (TPSA) is 96.0 Å². The van der Waals surface area contributed by atoms with Crippen molar-refractivity contribution in [1.82, 2.24) is 10.2 Å². The van der Waals surface area contributed by atoms with Crippen LogP contribution in [-0.4, -0.2) is 50.4 Å². The molecule has 0 radical (unpaired) electrons. The van der Waals surface area contributed by atoms with Crippen molar-refractivity contribution in [3.8, 4) is 5.75 Å². The lowest BCUT2D eigenvalue weighted by Crippen LogP contribution is -2.54. The normalized spacial score (nSPS) is 12.5. The van der Waals surface area contributed by atoms with E-state index < -0.39 is 34.3 Å². The fourth-order valence-corrected chi connectivity index (χ4v) is 6.52. The molecule has 1 N–H and O–H groups in total. The third-order valence-electron chi connectivity index (χ3n) is 7.65. The van der Waals surface area contributed by atoms with E-state index in [1.54, 1.807) is 31.2 Å². The Morgan fingerprint density at radius 3 is 2.15 bits per heavy atom. The Labute approximate surface area is 281 Å². The molecule has 0 aliphatic heterocycles. The summed E-state index contributed by atoms with van der Waals surface area (Å²) in [5, 5.41) is 3.35. The zero-order valence-corrected chi connectivity index (χ0v) is 28.2. The molecule has 8 nitrogen and oxygen atoms in total. The molecule has 0 saturated heterocycles. The third-order valence-corrected chi connectivity index (χ3v) is 9.68. The second-order valence-corrected chi connectivity index (χ2v) is 13.3. The summed E-state index contributed by atoms with van der Waals surface area (Å²) in [5.41, 5.74) is 1.53. The van der Waals surface area contributed by atoms with Crippen molar-refractivity contribution in [3.63, 3.8) is 0 Å². The Bertz CT molecular complexity index is 1740. The van der Waals surface area contributed by atoms with Crippen molar-refractivity contribution >= 4 is 39.1 Å². The quantitative estimate of drug-likeness (QED) is 0.152. The molecule has 0 fully saturated rings. The van der Waals surface area contributed by atoms with Crippen molar-refractivity contribution in [1.29, 1.82) is 0 Å². The number of hydrogen-bond donors (Lipinski definition) is 1. The summed E-state index contributed by atoms with van der Waals surface area (Å²) in [6.07, 6.45) is 0.826. The molecular formula is C36H39ClFN3O5S. The molecule has 11 heteroatoms. The number of sulfonamides is 1. The molecule has 2 atom stereocenters. The Morgan fingerprint density at radius 2 is 1.51 bits per heavy atom. The molecule has 0 heterocycles. The van der Waals surface area contributed by atoms with Gasteiger partial charge in [0, 0.05) is 24.0 Å². The Balaban J connectivity index is 1.84. The lowest BCUT2D eigenvalue weighted by atomic mass is 10.0. The molecule has 2 amide bonds. The fourth-order valence-electron chi connectivity index (χ4n) is 4.97. The summed E-state index contributed by atoms with van der Waals surface area (Å²) >= 11 is 6.06. The van der Waals surface area contributed by atoms with E-state index in [1.807, 2.05) is 44.2 Å². The number of carbonyl (C=O) groups excluding carboxylic acids is 2. The maximum absolute atomic E-state index is 14.6. The van der Waals surface area contributed by atoms with Crippen LogP contribution in [0, 0.1) is 5.82 Å². The summed E-state index contributed by atoms with van der Waals surface area (Å²) in [7, 11) is -4.35. The molecule has 0 aliphatic rings. The van der Waals surface area contributed by atoms with Crippen LogP contribution in [0.25, 0.3) is 0 Å². The average molecular weight is 680 g/mol. The van der Waals surface area contributed by atoms with Gasteiger partial charge >= 0.3 is 0 Å². The molecule has 0 aromatic heterocycles. The largest absolute Gasteiger partial charge is 0.492 e. The van der Waals surface area contributed by atoms with E-state index >= 15 is 0 Å². The highest BCUT2D eigenvalue weighted by Crippen LogP contribution is 2.33. The molecule has 0 unspecified atom stereocenters. The summed E-state index contributed by atoms with van der Waals surface area (Å²) in [5.74, 6) is -1.21. The van der Waals surface area contributed by atoms with Gasteiger partial charge in [-0.2, -0.15) is 0 Å². The van der Waals surface area contributed by atoms with Crippen LogP contribution >= 0.6 is 11.6 Å². The van der Waals surface area contributed by atoms with Gasteiger partial charge in [0.1, 0.15) is 24.2 Å². The fraction of sp³-hybridized carbons (Fsp3) is 0.278. The molecule has 4 rings (SSSR count). The van der Waals surface area contributed by atoms with Crippen LogP contribution in [0.2, 0.25) is 5.02 Å². The van der Waals surface area contributed by atoms with Crippen LogP contribution in [0.15, 0.2) is 108 Å². The number of hydrogen-bond acceptors (Lipinski definition) is 5. The average Bonchev–Trinajstić information content (AvgIpc) is 3.07. The zero-order chi connectivity index (χ0) is 34.0. The van der Waals surface area contributed by atoms with Crippen LogP contribution in [0.1, 0.15) is 38.3 Å². The van der Waals surface area contributed by atoms with Gasteiger partial charge in [0.05, 0.1) is 17.2 Å². The second kappa shape index (κ2) is 16.4. The highest BCUT2D eigenvalue weighted by Gasteiger charge is 2.35. The molecule has 248 valence electrons. The van der Waals surface area contributed by atoms with E-state index in [9.17, 15) is 22.4 Å². The lowest BCUT2D eigenvalue weighted by molar-refractivity contribution is -0.140. The van der Waals surface area contributed by atoms with Crippen molar-refractivity contribution in [2.75, 3.05) is 17.5 Å². The number of benzene rings is 4. The number of halogens is 2. The van der Waals surface area contributed by atoms with Gasteiger partial charge in [-0.05, 0) is 79.9 Å². The lowest BCUT2D eigenvalue weighted by Gasteiger charge is -2.34. The van der Waals surface area contributed by atoms with E-state index in [4.69, 9.17) is 16.3 Å². The first-order valence-corrected chi connectivity index (χ1v) is 17.2. The number of nitrogens with one attached hydrogen (secondary N) is 1. The minimum atomic E-state index is -4.35. The van der Waals surface area contributed by atoms with Crippen LogP contribution < -0.4 is 14.4 Å². The predicted molar refractivity (Wildman–Crippen MR) is 182 cm³/mol. The molecule has 0 spiro atoms. The zero-order valence-electron chi connectivity index (χ0n) is 26.6. The molecule has 0 bridgehead atoms. The van der Waals surface area contributed by atoms with Crippen molar-refractivity contribution in [2.45, 2.75) is 57.1 Å². The highest BCUT2D eigenvalue weighted by atomic mass is 35.5. The van der Waals surface area contributed by atoms with E-state index in [-0.39, 0.29) is 47.9 Å². The van der Waals surface area contributed by atoms with Crippen LogP contribution in [-0.2, 0) is 32.6 Å². The summed E-state index contributed by atoms with van der Waals surface area (Å²) in [6, 6.07) is 25.9. The third kappa shape index (κ3) is 9.33. The maximum atomic E-state index is 14.6. The van der Waals surface area contributed by atoms with Gasteiger partial charge in [-0.25, -0.2) is 12.8 Å². The SMILES string of the molecule is CCOc1ccccc1N(CC(=O)N(Cc1ccc(F)cc1)[C@H](Cc1ccccc1)C(=O)N[C@@H](C)CC)S(=O)(=O)c1ccc(Cl)cc1. The summed E-state index contributed by atoms with van der Waals surface area (Å²) < 4.78 is 49.2. The second-order valence-electron chi connectivity index (χ2n) is 11.0. The van der Waals surface area contributed by atoms with Gasteiger partial charge in [-0.3, -0.25) is 13.9 Å². The molecule has 0 aliphatic carbocycles. The standard InChI is InChI=1S/C36H39ClFN3O5S/c1-4-26(3)39-36(43)33(23-27-11-7-6-8-12-27)40(24-28-15-19-30(38)20-16-28)35(42)25-41(32-13-9-10-14-34(32)46-5-2)47(44,45)31-21-17-29(37)18-22-31/h6-22,26,33H,4-5,23-25H2,1-3H3,(H,39,43)/t26-,33+/m0/s1. The summed E-state index contributed by atoms with van der Waals surface area (Å²) in [6.45, 7) is 5.10. The van der Waals surface area contributed by atoms with Crippen molar-refractivity contribution in [2.24, 2.45) is 0 Å². The van der Waals surface area contributed by atoms with Crippen molar-refractivity contribution < 1.29 is 27.1 Å². The van der Waals surface area contributed by atoms with E-state index in [0.29, 0.717) is 17.0 Å². The number of para-hydroxylation sites is 2. The minimum Gasteiger partial charge on any atom is -0.492 e. The van der Waals surface area contributed by atoms with Crippen molar-refractivity contribution in [3.05, 3.63) is 125 Å². The Morgan fingerprint density at radius 1 is 0.872 bits per heavy atom. The number of nitrogens with zero attached hydrogens (tertiary/aromatic N) is 2. The van der Waals surface area contributed by atoms with Gasteiger partial charge in [0.15, 0.2) is 0 Å². The van der Waals surface area contributed by atoms with Crippen LogP contribution in [0.3, 0.4) is 0 Å². The van der Waals surface area contributed by atoms with E-state index in [0.717, 1.165) is 9.87 Å². The number of rotatable bonds is 15. The first-order chi connectivity index (χ1) is 22.5. The predicted octanol–water partition coefficient (Wildman–Crippen LogP) is 6.63. The van der Waals surface area contributed by atoms with E-state index in [2.05, 4.69) is 5.32 Å². The van der Waals surface area contributed by atoms with E-state index in [1.165, 1.54) is 53.4 Å². The number of ether oxygens (including phenoxy) is 1. The number of anilines is 1. The molecule has 4 aromatic rings.